The molecule has 1 amide bonds. The van der Waals surface area contributed by atoms with Crippen molar-refractivity contribution in [2.75, 3.05) is 5.32 Å². The van der Waals surface area contributed by atoms with Gasteiger partial charge in [-0.15, -0.1) is 0 Å². The SMILES string of the molecule is Cc1ccc(C)c(O[C@H](C)C(=O)Nc2cc(Cl)cc(Cl)c2)c1. The molecule has 1 N–H and O–H groups in total. The van der Waals surface area contributed by atoms with Crippen molar-refractivity contribution >= 4 is 34.8 Å². The van der Waals surface area contributed by atoms with Gasteiger partial charge in [0, 0.05) is 15.7 Å². The van der Waals surface area contributed by atoms with E-state index in [1.165, 1.54) is 0 Å². The molecular formula is C17H17Cl2NO2. The van der Waals surface area contributed by atoms with Crippen LogP contribution < -0.4 is 10.1 Å². The Morgan fingerprint density at radius 3 is 2.36 bits per heavy atom. The number of carbonyl (C=O) groups is 1. The highest BCUT2D eigenvalue weighted by Crippen LogP contribution is 2.24. The van der Waals surface area contributed by atoms with Crippen molar-refractivity contribution in [1.29, 1.82) is 0 Å². The fraction of sp³-hybridized carbons (Fsp3) is 0.235. The Hall–Kier alpha value is -1.71. The lowest BCUT2D eigenvalue weighted by Gasteiger charge is -2.17. The number of hydrogen-bond donors (Lipinski definition) is 1. The number of nitrogens with one attached hydrogen (secondary N) is 1. The summed E-state index contributed by atoms with van der Waals surface area (Å²) in [6.07, 6.45) is -0.641. The van der Waals surface area contributed by atoms with Gasteiger partial charge in [0.1, 0.15) is 5.75 Å². The number of aryl methyl sites for hydroxylation is 2. The van der Waals surface area contributed by atoms with Gasteiger partial charge in [-0.25, -0.2) is 0 Å². The van der Waals surface area contributed by atoms with Gasteiger partial charge in [0.2, 0.25) is 0 Å². The van der Waals surface area contributed by atoms with Crippen molar-refractivity contribution in [3.05, 3.63) is 57.6 Å². The third-order valence-corrected chi connectivity index (χ3v) is 3.58. The van der Waals surface area contributed by atoms with E-state index in [1.54, 1.807) is 25.1 Å². The Balaban J connectivity index is 2.07. The predicted octanol–water partition coefficient (Wildman–Crippen LogP) is 5.02. The minimum Gasteiger partial charge on any atom is -0.481 e. The molecule has 0 aliphatic carbocycles. The summed E-state index contributed by atoms with van der Waals surface area (Å²) in [5.74, 6) is 0.436. The minimum absolute atomic E-state index is 0.265. The van der Waals surface area contributed by atoms with Crippen LogP contribution in [0.2, 0.25) is 10.0 Å². The van der Waals surface area contributed by atoms with Crippen LogP contribution in [0.15, 0.2) is 36.4 Å². The number of carbonyl (C=O) groups excluding carboxylic acids is 1. The standard InChI is InChI=1S/C17H17Cl2NO2/c1-10-4-5-11(2)16(6-10)22-12(3)17(21)20-15-8-13(18)7-14(19)9-15/h4-9,12H,1-3H3,(H,20,21)/t12-/m1/s1. The van der Waals surface area contributed by atoms with E-state index in [4.69, 9.17) is 27.9 Å². The number of rotatable bonds is 4. The Labute approximate surface area is 140 Å². The topological polar surface area (TPSA) is 38.3 Å². The van der Waals surface area contributed by atoms with Crippen LogP contribution in [0.3, 0.4) is 0 Å². The molecule has 3 nitrogen and oxygen atoms in total. The molecule has 0 heterocycles. The minimum atomic E-state index is -0.641. The van der Waals surface area contributed by atoms with Gasteiger partial charge in [0.25, 0.3) is 5.91 Å². The van der Waals surface area contributed by atoms with Gasteiger partial charge < -0.3 is 10.1 Å². The first-order chi connectivity index (χ1) is 10.3. The number of anilines is 1. The van der Waals surface area contributed by atoms with Gasteiger partial charge in [-0.3, -0.25) is 4.79 Å². The van der Waals surface area contributed by atoms with Crippen LogP contribution in [-0.2, 0) is 4.79 Å². The maximum atomic E-state index is 12.2. The van der Waals surface area contributed by atoms with E-state index >= 15 is 0 Å². The van der Waals surface area contributed by atoms with Crippen LogP contribution in [0.5, 0.6) is 5.75 Å². The number of ether oxygens (including phenoxy) is 1. The molecule has 22 heavy (non-hydrogen) atoms. The fourth-order valence-corrected chi connectivity index (χ4v) is 2.47. The van der Waals surface area contributed by atoms with Gasteiger partial charge >= 0.3 is 0 Å². The lowest BCUT2D eigenvalue weighted by Crippen LogP contribution is -2.30. The molecule has 1 atom stereocenters. The van der Waals surface area contributed by atoms with E-state index in [0.717, 1.165) is 11.1 Å². The Bertz CT molecular complexity index is 681. The first-order valence-corrected chi connectivity index (χ1v) is 7.61. The van der Waals surface area contributed by atoms with Crippen LogP contribution in [-0.4, -0.2) is 12.0 Å². The first kappa shape index (κ1) is 16.7. The molecule has 0 saturated heterocycles. The van der Waals surface area contributed by atoms with Gasteiger partial charge in [0.05, 0.1) is 0 Å². The predicted molar refractivity (Wildman–Crippen MR) is 91.1 cm³/mol. The molecule has 2 rings (SSSR count). The summed E-state index contributed by atoms with van der Waals surface area (Å²) < 4.78 is 5.74. The van der Waals surface area contributed by atoms with Crippen molar-refractivity contribution in [2.24, 2.45) is 0 Å². The maximum Gasteiger partial charge on any atom is 0.265 e. The average molecular weight is 338 g/mol. The van der Waals surface area contributed by atoms with Crippen LogP contribution >= 0.6 is 23.2 Å². The highest BCUT2D eigenvalue weighted by Gasteiger charge is 2.16. The summed E-state index contributed by atoms with van der Waals surface area (Å²) in [5.41, 5.74) is 2.60. The highest BCUT2D eigenvalue weighted by atomic mass is 35.5. The van der Waals surface area contributed by atoms with Gasteiger partial charge in [-0.05, 0) is 56.2 Å². The van der Waals surface area contributed by atoms with E-state index in [2.05, 4.69) is 5.32 Å². The van der Waals surface area contributed by atoms with Gasteiger partial charge in [-0.1, -0.05) is 35.3 Å². The van der Waals surface area contributed by atoms with Crippen molar-refractivity contribution in [3.8, 4) is 5.75 Å². The summed E-state index contributed by atoms with van der Waals surface area (Å²) in [7, 11) is 0. The number of amides is 1. The largest absolute Gasteiger partial charge is 0.481 e. The Morgan fingerprint density at radius 2 is 1.73 bits per heavy atom. The molecule has 2 aromatic rings. The molecule has 0 spiro atoms. The van der Waals surface area contributed by atoms with Gasteiger partial charge in [0.15, 0.2) is 6.10 Å². The molecule has 5 heteroatoms. The molecule has 0 radical (unpaired) electrons. The summed E-state index contributed by atoms with van der Waals surface area (Å²) in [4.78, 5) is 12.2. The summed E-state index contributed by atoms with van der Waals surface area (Å²) >= 11 is 11.8. The number of hydrogen-bond acceptors (Lipinski definition) is 2. The van der Waals surface area contributed by atoms with E-state index in [9.17, 15) is 4.79 Å². The van der Waals surface area contributed by atoms with E-state index < -0.39 is 6.10 Å². The molecular weight excluding hydrogens is 321 g/mol. The van der Waals surface area contributed by atoms with Crippen molar-refractivity contribution in [3.63, 3.8) is 0 Å². The third-order valence-electron chi connectivity index (χ3n) is 3.15. The quantitative estimate of drug-likeness (QED) is 0.850. The molecule has 116 valence electrons. The maximum absolute atomic E-state index is 12.2. The number of halogens is 2. The molecule has 0 fully saturated rings. The van der Waals surface area contributed by atoms with Crippen molar-refractivity contribution in [2.45, 2.75) is 26.9 Å². The lowest BCUT2D eigenvalue weighted by molar-refractivity contribution is -0.122. The Kier molecular flexibility index (Phi) is 5.33. The van der Waals surface area contributed by atoms with E-state index in [1.807, 2.05) is 32.0 Å². The molecule has 0 aliphatic rings. The fourth-order valence-electron chi connectivity index (χ4n) is 1.95. The monoisotopic (exact) mass is 337 g/mol. The molecule has 0 aromatic heterocycles. The first-order valence-electron chi connectivity index (χ1n) is 6.86. The second kappa shape index (κ2) is 7.03. The third kappa shape index (κ3) is 4.39. The number of benzene rings is 2. The molecule has 2 aromatic carbocycles. The normalized spacial score (nSPS) is 11.9. The summed E-state index contributed by atoms with van der Waals surface area (Å²) in [6.45, 7) is 5.62. The molecule has 0 saturated carbocycles. The zero-order valence-corrected chi connectivity index (χ0v) is 14.1. The second-order valence-corrected chi connectivity index (χ2v) is 6.05. The zero-order chi connectivity index (χ0) is 16.3. The Morgan fingerprint density at radius 1 is 1.09 bits per heavy atom. The summed E-state index contributed by atoms with van der Waals surface area (Å²) in [5, 5.41) is 3.67. The van der Waals surface area contributed by atoms with Gasteiger partial charge in [-0.2, -0.15) is 0 Å². The highest BCUT2D eigenvalue weighted by molar-refractivity contribution is 6.35. The van der Waals surface area contributed by atoms with E-state index in [-0.39, 0.29) is 5.91 Å². The van der Waals surface area contributed by atoms with Crippen molar-refractivity contribution in [1.82, 2.24) is 0 Å². The van der Waals surface area contributed by atoms with Crippen LogP contribution in [0.1, 0.15) is 18.1 Å². The van der Waals surface area contributed by atoms with E-state index in [0.29, 0.717) is 21.5 Å². The molecule has 0 unspecified atom stereocenters. The zero-order valence-electron chi connectivity index (χ0n) is 12.6. The lowest BCUT2D eigenvalue weighted by atomic mass is 10.1. The van der Waals surface area contributed by atoms with Crippen LogP contribution in [0.4, 0.5) is 5.69 Å². The molecule has 0 aliphatic heterocycles. The second-order valence-electron chi connectivity index (χ2n) is 5.18. The van der Waals surface area contributed by atoms with Crippen LogP contribution in [0.25, 0.3) is 0 Å². The van der Waals surface area contributed by atoms with Crippen molar-refractivity contribution < 1.29 is 9.53 Å². The molecule has 0 bridgehead atoms. The van der Waals surface area contributed by atoms with Crippen LogP contribution in [0, 0.1) is 13.8 Å². The summed E-state index contributed by atoms with van der Waals surface area (Å²) in [6, 6.07) is 10.8. The smallest absolute Gasteiger partial charge is 0.265 e. The average Bonchev–Trinajstić information content (AvgIpc) is 2.41.